The fraction of sp³-hybridized carbons (Fsp3) is 0.397. The Bertz CT molecular complexity index is 4050. The monoisotopic (exact) mass is 1410 g/mol. The molecule has 0 saturated heterocycles. The third-order valence-electron chi connectivity index (χ3n) is 14.5. The quantitative estimate of drug-likeness (QED) is 0.0138. The number of aromatic nitrogens is 7. The van der Waals surface area contributed by atoms with E-state index in [1.165, 1.54) is 84.0 Å². The van der Waals surface area contributed by atoms with Crippen molar-refractivity contribution in [2.75, 3.05) is 34.4 Å². The number of nitrogens with one attached hydrogen (secondary N) is 5. The largest absolute Gasteiger partial charge is 0.464 e. The molecule has 5 amide bonds. The first-order valence-electron chi connectivity index (χ1n) is 29.5. The summed E-state index contributed by atoms with van der Waals surface area (Å²) in [4.78, 5) is 129. The fourth-order valence-electron chi connectivity index (χ4n) is 8.80. The third kappa shape index (κ3) is 17.9. The number of pyridine rings is 1. The van der Waals surface area contributed by atoms with Crippen LogP contribution in [0.1, 0.15) is 158 Å². The number of carbonyl (C=O) groups excluding carboxylic acids is 7. The molecule has 1 aromatic carbocycles. The summed E-state index contributed by atoms with van der Waals surface area (Å²) in [6.07, 6.45) is -0.232. The molecule has 0 fully saturated rings. The van der Waals surface area contributed by atoms with Crippen LogP contribution in [0.3, 0.4) is 0 Å². The van der Waals surface area contributed by atoms with Crippen LogP contribution in [0.4, 0.5) is 4.79 Å². The van der Waals surface area contributed by atoms with Crippen molar-refractivity contribution >= 4 is 118 Å². The van der Waals surface area contributed by atoms with Gasteiger partial charge in [0.25, 0.3) is 11.8 Å². The molecule has 0 aliphatic carbocycles. The van der Waals surface area contributed by atoms with Crippen molar-refractivity contribution in [1.82, 2.24) is 61.5 Å². The highest BCUT2D eigenvalue weighted by Crippen LogP contribution is 2.45. The summed E-state index contributed by atoms with van der Waals surface area (Å²) >= 11 is 7.33. The summed E-state index contributed by atoms with van der Waals surface area (Å²) in [7, 11) is 1.68. The number of carbonyl (C=O) groups is 7. The predicted octanol–water partition coefficient (Wildman–Crippen LogP) is 12.3. The van der Waals surface area contributed by atoms with Crippen molar-refractivity contribution in [3.05, 3.63) is 130 Å². The Labute approximate surface area is 569 Å². The van der Waals surface area contributed by atoms with Crippen molar-refractivity contribution in [3.63, 3.8) is 0 Å². The lowest BCUT2D eigenvalue weighted by atomic mass is 10.0. The minimum Gasteiger partial charge on any atom is -0.464 e. The van der Waals surface area contributed by atoms with Crippen LogP contribution in [-0.2, 0) is 39.6 Å². The normalized spacial score (nSPS) is 13.1. The maximum absolute atomic E-state index is 14.4. The number of nitrogens with zero attached hydrogens (tertiary/aromatic N) is 7. The summed E-state index contributed by atoms with van der Waals surface area (Å²) in [5.41, 5.74) is 2.47. The number of hydrogen-bond acceptors (Lipinski definition) is 25. The highest BCUT2D eigenvalue weighted by molar-refractivity contribution is 7.15. The molecule has 0 spiro atoms. The number of alkyl carbamates (subject to hydrolysis) is 1. The molecule has 4 atom stereocenters. The summed E-state index contributed by atoms with van der Waals surface area (Å²) in [5.74, 6) is -3.53. The van der Waals surface area contributed by atoms with Gasteiger partial charge in [-0.2, -0.15) is 0 Å². The Hall–Kier alpha value is -7.88. The van der Waals surface area contributed by atoms with Gasteiger partial charge in [0.2, 0.25) is 11.8 Å². The molecule has 7 heterocycles. The smallest absolute Gasteiger partial charge is 0.408 e. The first-order chi connectivity index (χ1) is 44.5. The van der Waals surface area contributed by atoms with Gasteiger partial charge >= 0.3 is 18.0 Å². The van der Waals surface area contributed by atoms with E-state index in [9.17, 15) is 33.6 Å². The molecule has 0 bridgehead atoms. The lowest BCUT2D eigenvalue weighted by Gasteiger charge is -2.41. The molecule has 0 saturated carbocycles. The standard InChI is InChI=1S/C63H74N12O12S6Si/c1-16-24-85-60(81)48-42(27-83-12)93-58(75-48)45(32(2)3)73-52(79)46-33(4)92-56(74-46)37(25-43(76)64-11)67-51(78)39-29-88-53(69-39)35-22-23-36(54-71-41(31-90-54)59(80)84-13)66-47(35)38-28-89-55(68-38)40-30-91-57(70-40)49(72-44(77)26-65-61(82)86-62(5,6)7)50(34-20-18-17-19-21-34)87-94(14,15)63(8,9)10/h16-23,28-32,37,45,49-50H,1,24-27H2,2-15H3,(H,64,76)(H,65,82)(H,67,78)(H,72,77)(H,73,79)/t37-,45-,49-,50-/m0/s1. The zero-order valence-electron chi connectivity index (χ0n) is 54.3. The van der Waals surface area contributed by atoms with Crippen LogP contribution in [-0.4, -0.2) is 125 Å². The number of rotatable bonds is 27. The molecule has 31 heteroatoms. The maximum Gasteiger partial charge on any atom is 0.408 e. The molecule has 0 radical (unpaired) electrons. The van der Waals surface area contributed by atoms with Crippen LogP contribution in [0.5, 0.6) is 0 Å². The average molecular weight is 1410 g/mol. The second kappa shape index (κ2) is 31.1. The van der Waals surface area contributed by atoms with Crippen LogP contribution < -0.4 is 26.6 Å². The molecule has 0 aliphatic heterocycles. The molecular weight excluding hydrogens is 1340 g/mol. The van der Waals surface area contributed by atoms with E-state index in [0.717, 1.165) is 16.9 Å². The number of ether oxygens (including phenoxy) is 4. The molecule has 8 aromatic rings. The molecule has 0 aliphatic rings. The van der Waals surface area contributed by atoms with E-state index in [2.05, 4.69) is 77.0 Å². The van der Waals surface area contributed by atoms with Crippen molar-refractivity contribution in [2.45, 2.75) is 123 Å². The van der Waals surface area contributed by atoms with Gasteiger partial charge < -0.3 is 50.0 Å². The lowest BCUT2D eigenvalue weighted by molar-refractivity contribution is -0.122. The van der Waals surface area contributed by atoms with E-state index in [0.29, 0.717) is 63.1 Å². The zero-order valence-corrected chi connectivity index (χ0v) is 60.2. The average Bonchev–Trinajstić information content (AvgIpc) is 1.51. The minimum atomic E-state index is -2.56. The second-order valence-electron chi connectivity index (χ2n) is 24.1. The van der Waals surface area contributed by atoms with Crippen LogP contribution in [0.25, 0.3) is 43.4 Å². The molecule has 0 unspecified atom stereocenters. The van der Waals surface area contributed by atoms with Crippen molar-refractivity contribution in [2.24, 2.45) is 5.92 Å². The molecule has 94 heavy (non-hydrogen) atoms. The lowest BCUT2D eigenvalue weighted by Crippen LogP contribution is -2.46. The van der Waals surface area contributed by atoms with Crippen LogP contribution in [0.2, 0.25) is 18.1 Å². The van der Waals surface area contributed by atoms with Gasteiger partial charge in [0.15, 0.2) is 19.7 Å². The van der Waals surface area contributed by atoms with Gasteiger partial charge in [-0.25, -0.2) is 49.3 Å². The number of thiazole rings is 6. The van der Waals surface area contributed by atoms with Crippen molar-refractivity contribution in [1.29, 1.82) is 0 Å². The summed E-state index contributed by atoms with van der Waals surface area (Å²) in [5, 5.41) is 23.4. The van der Waals surface area contributed by atoms with Gasteiger partial charge in [-0.05, 0) is 69.4 Å². The Kier molecular flexibility index (Phi) is 23.8. The number of amides is 5. The van der Waals surface area contributed by atoms with Gasteiger partial charge in [0, 0.05) is 46.1 Å². The van der Waals surface area contributed by atoms with E-state index in [4.69, 9.17) is 48.3 Å². The van der Waals surface area contributed by atoms with Crippen LogP contribution in [0, 0.1) is 12.8 Å². The molecule has 24 nitrogen and oxygen atoms in total. The van der Waals surface area contributed by atoms with Crippen molar-refractivity contribution in [3.8, 4) is 43.4 Å². The van der Waals surface area contributed by atoms with Gasteiger partial charge in [-0.3, -0.25) is 19.2 Å². The first-order valence-corrected chi connectivity index (χ1v) is 37.6. The Balaban J connectivity index is 1.10. The molecule has 5 N–H and O–H groups in total. The van der Waals surface area contributed by atoms with Gasteiger partial charge in [0.05, 0.1) is 48.9 Å². The van der Waals surface area contributed by atoms with Gasteiger partial charge in [-0.1, -0.05) is 77.6 Å². The molecule has 7 aromatic heterocycles. The number of esters is 2. The number of benzene rings is 1. The van der Waals surface area contributed by atoms with Gasteiger partial charge in [0.1, 0.15) is 83.3 Å². The molecular formula is C63H74N12O12S6Si. The minimum absolute atomic E-state index is 0.0113. The maximum atomic E-state index is 14.4. The van der Waals surface area contributed by atoms with Crippen LogP contribution in [0.15, 0.2) is 76.6 Å². The Morgan fingerprint density at radius 3 is 2.01 bits per heavy atom. The fourth-order valence-corrected chi connectivity index (χ4v) is 15.6. The van der Waals surface area contributed by atoms with E-state index in [-0.39, 0.29) is 64.9 Å². The zero-order chi connectivity index (χ0) is 68.4. The first kappa shape index (κ1) is 72.0. The van der Waals surface area contributed by atoms with E-state index < -0.39 is 79.8 Å². The predicted molar refractivity (Wildman–Crippen MR) is 367 cm³/mol. The Morgan fingerprint density at radius 2 is 1.34 bits per heavy atom. The number of methoxy groups -OCH3 is 2. The number of hydrogen-bond donors (Lipinski definition) is 5. The summed E-state index contributed by atoms with van der Waals surface area (Å²) in [6, 6.07) is 10.6. The van der Waals surface area contributed by atoms with Gasteiger partial charge in [-0.15, -0.1) is 68.0 Å². The summed E-state index contributed by atoms with van der Waals surface area (Å²) < 4.78 is 28.2. The molecule has 8 rings (SSSR count). The highest BCUT2D eigenvalue weighted by Gasteiger charge is 2.43. The molecule has 498 valence electrons. The van der Waals surface area contributed by atoms with Crippen LogP contribution >= 0.6 is 68.0 Å². The third-order valence-corrected chi connectivity index (χ3v) is 24.7. The van der Waals surface area contributed by atoms with E-state index >= 15 is 0 Å². The summed E-state index contributed by atoms with van der Waals surface area (Å²) in [6.45, 7) is 24.7. The highest BCUT2D eigenvalue weighted by atomic mass is 32.1. The van der Waals surface area contributed by atoms with Crippen molar-refractivity contribution < 1.29 is 56.9 Å². The second-order valence-corrected chi connectivity index (χ2v) is 34.6. The Morgan fingerprint density at radius 1 is 0.670 bits per heavy atom. The van der Waals surface area contributed by atoms with E-state index in [1.54, 1.807) is 50.6 Å². The SMILES string of the molecule is C=CCOC(=O)c1nc([C@@H](NC(=O)c2nc([C@H](CC(=O)NC)NC(=O)c3csc(-c4ccc(-c5nc(C(=O)OC)cs5)nc4-c4csc(-c5csc([C@@H](NC(=O)CNC(=O)OC(C)(C)C)[C@@H](O[Si](C)(C)C(C)(C)C)c6ccccc6)n5)n4)n3)sc2C)C(C)C)sc1COC. The number of aryl methyl sites for hydroxylation is 1. The topological polar surface area (TPSA) is 316 Å². The van der Waals surface area contributed by atoms with E-state index in [1.807, 2.05) is 54.9 Å².